The molecule has 1 N–H and O–H groups in total. The molecule has 0 saturated heterocycles. The van der Waals surface area contributed by atoms with Crippen LogP contribution in [0.4, 0.5) is 0 Å². The Morgan fingerprint density at radius 3 is 2.25 bits per heavy atom. The fourth-order valence-electron chi connectivity index (χ4n) is 3.73. The van der Waals surface area contributed by atoms with Gasteiger partial charge in [-0.15, -0.1) is 0 Å². The smallest absolute Gasteiger partial charge is 0.243 e. The molecule has 0 bridgehead atoms. The number of nitrogens with zero attached hydrogens (tertiary/aromatic N) is 1. The zero-order valence-electron chi connectivity index (χ0n) is 20.4. The third-order valence-corrected chi connectivity index (χ3v) is 5.58. The van der Waals surface area contributed by atoms with Gasteiger partial charge in [0.1, 0.15) is 11.8 Å². The topological polar surface area (TPSA) is 58.6 Å². The third kappa shape index (κ3) is 7.40. The largest absolute Gasteiger partial charge is 0.497 e. The van der Waals surface area contributed by atoms with Crippen molar-refractivity contribution in [3.05, 3.63) is 65.2 Å². The lowest BCUT2D eigenvalue weighted by atomic mass is 10.00. The van der Waals surface area contributed by atoms with E-state index < -0.39 is 6.04 Å². The van der Waals surface area contributed by atoms with E-state index in [1.54, 1.807) is 12.0 Å². The summed E-state index contributed by atoms with van der Waals surface area (Å²) < 4.78 is 5.33. The van der Waals surface area contributed by atoms with Gasteiger partial charge in [-0.3, -0.25) is 9.59 Å². The molecule has 2 rings (SSSR count). The molecule has 0 heterocycles. The van der Waals surface area contributed by atoms with E-state index in [2.05, 4.69) is 43.4 Å². The summed E-state index contributed by atoms with van der Waals surface area (Å²) in [6.45, 7) is 10.5. The van der Waals surface area contributed by atoms with Crippen LogP contribution in [-0.4, -0.2) is 35.9 Å². The number of amides is 2. The molecular formula is C27H38N2O3. The lowest BCUT2D eigenvalue weighted by molar-refractivity contribution is -0.141. The number of hydrogen-bond acceptors (Lipinski definition) is 3. The van der Waals surface area contributed by atoms with Crippen molar-refractivity contribution in [2.75, 3.05) is 7.11 Å². The Bertz CT molecular complexity index is 875. The summed E-state index contributed by atoms with van der Waals surface area (Å²) in [5.74, 6) is 1.08. The Labute approximate surface area is 193 Å². The summed E-state index contributed by atoms with van der Waals surface area (Å²) in [6.07, 6.45) is 1.56. The Morgan fingerprint density at radius 2 is 1.69 bits per heavy atom. The van der Waals surface area contributed by atoms with E-state index >= 15 is 0 Å². The Hall–Kier alpha value is -2.82. The lowest BCUT2D eigenvalue weighted by Crippen LogP contribution is -2.50. The molecule has 2 aromatic rings. The first-order valence-electron chi connectivity index (χ1n) is 11.6. The van der Waals surface area contributed by atoms with Crippen molar-refractivity contribution in [1.82, 2.24) is 10.2 Å². The maximum atomic E-state index is 13.4. The molecule has 0 fully saturated rings. The molecule has 0 aliphatic carbocycles. The van der Waals surface area contributed by atoms with E-state index in [0.29, 0.717) is 31.7 Å². The maximum Gasteiger partial charge on any atom is 0.243 e. The van der Waals surface area contributed by atoms with Gasteiger partial charge in [-0.2, -0.15) is 0 Å². The molecule has 0 unspecified atom stereocenters. The number of hydrogen-bond donors (Lipinski definition) is 1. The van der Waals surface area contributed by atoms with Crippen molar-refractivity contribution in [2.45, 2.75) is 78.4 Å². The van der Waals surface area contributed by atoms with Gasteiger partial charge in [0.15, 0.2) is 0 Å². The maximum absolute atomic E-state index is 13.4. The zero-order chi connectivity index (χ0) is 23.7. The highest BCUT2D eigenvalue weighted by atomic mass is 16.5. The van der Waals surface area contributed by atoms with Crippen molar-refractivity contribution in [1.29, 1.82) is 0 Å². The molecule has 32 heavy (non-hydrogen) atoms. The van der Waals surface area contributed by atoms with E-state index in [9.17, 15) is 9.59 Å². The predicted octanol–water partition coefficient (Wildman–Crippen LogP) is 5.08. The number of carbonyl (C=O) groups excluding carboxylic acids is 2. The highest BCUT2D eigenvalue weighted by Gasteiger charge is 2.28. The van der Waals surface area contributed by atoms with Crippen molar-refractivity contribution in [3.8, 4) is 5.75 Å². The second-order valence-electron chi connectivity index (χ2n) is 8.86. The van der Waals surface area contributed by atoms with Crippen molar-refractivity contribution >= 4 is 11.8 Å². The minimum atomic E-state index is -0.514. The van der Waals surface area contributed by atoms with Crippen LogP contribution in [0.2, 0.25) is 0 Å². The van der Waals surface area contributed by atoms with Crippen LogP contribution in [0.5, 0.6) is 5.75 Å². The van der Waals surface area contributed by atoms with Gasteiger partial charge in [-0.25, -0.2) is 0 Å². The molecule has 0 spiro atoms. The summed E-state index contributed by atoms with van der Waals surface area (Å²) in [4.78, 5) is 28.0. The van der Waals surface area contributed by atoms with E-state index in [1.165, 1.54) is 5.56 Å². The molecule has 0 radical (unpaired) electrons. The van der Waals surface area contributed by atoms with Gasteiger partial charge in [0, 0.05) is 19.0 Å². The second-order valence-corrected chi connectivity index (χ2v) is 8.86. The van der Waals surface area contributed by atoms with E-state index in [4.69, 9.17) is 4.74 Å². The van der Waals surface area contributed by atoms with E-state index in [1.807, 2.05) is 45.0 Å². The van der Waals surface area contributed by atoms with Gasteiger partial charge in [-0.05, 0) is 61.4 Å². The number of rotatable bonds is 11. The highest BCUT2D eigenvalue weighted by molar-refractivity contribution is 5.87. The predicted molar refractivity (Wildman–Crippen MR) is 130 cm³/mol. The summed E-state index contributed by atoms with van der Waals surface area (Å²) >= 11 is 0. The summed E-state index contributed by atoms with van der Waals surface area (Å²) in [5, 5.41) is 2.97. The molecule has 0 aromatic heterocycles. The lowest BCUT2D eigenvalue weighted by Gasteiger charge is -2.31. The van der Waals surface area contributed by atoms with Crippen LogP contribution in [0.3, 0.4) is 0 Å². The van der Waals surface area contributed by atoms with E-state index in [-0.39, 0.29) is 17.9 Å². The van der Waals surface area contributed by atoms with Gasteiger partial charge in [0.2, 0.25) is 11.8 Å². The molecule has 5 nitrogen and oxygen atoms in total. The van der Waals surface area contributed by atoms with Gasteiger partial charge in [-0.1, -0.05) is 57.2 Å². The van der Waals surface area contributed by atoms with Crippen LogP contribution in [0.15, 0.2) is 48.5 Å². The first kappa shape index (κ1) is 25.4. The SMILES string of the molecule is CC[C@H](C(=O)NC(C)C)N(Cc1cccc(OC)c1)C(=O)CCc1ccc(C(C)C)cc1. The van der Waals surface area contributed by atoms with Crippen LogP contribution >= 0.6 is 0 Å². The number of methoxy groups -OCH3 is 1. The van der Waals surface area contributed by atoms with E-state index in [0.717, 1.165) is 16.9 Å². The Kier molecular flexibility index (Phi) is 9.76. The van der Waals surface area contributed by atoms with Gasteiger partial charge < -0.3 is 15.0 Å². The zero-order valence-corrected chi connectivity index (χ0v) is 20.4. The number of carbonyl (C=O) groups is 2. The number of aryl methyl sites for hydroxylation is 1. The van der Waals surface area contributed by atoms with Gasteiger partial charge in [0.25, 0.3) is 0 Å². The number of nitrogens with one attached hydrogen (secondary N) is 1. The first-order chi connectivity index (χ1) is 15.2. The van der Waals surface area contributed by atoms with Crippen molar-refractivity contribution < 1.29 is 14.3 Å². The summed E-state index contributed by atoms with van der Waals surface area (Å²) in [5.41, 5.74) is 3.36. The van der Waals surface area contributed by atoms with Crippen LogP contribution in [0.25, 0.3) is 0 Å². The quantitative estimate of drug-likeness (QED) is 0.532. The fourth-order valence-corrected chi connectivity index (χ4v) is 3.73. The average molecular weight is 439 g/mol. The first-order valence-corrected chi connectivity index (χ1v) is 11.6. The van der Waals surface area contributed by atoms with Gasteiger partial charge in [0.05, 0.1) is 7.11 Å². The van der Waals surface area contributed by atoms with Crippen LogP contribution in [-0.2, 0) is 22.6 Å². The molecule has 5 heteroatoms. The summed E-state index contributed by atoms with van der Waals surface area (Å²) in [7, 11) is 1.62. The molecule has 0 saturated carbocycles. The molecule has 0 aliphatic rings. The normalized spacial score (nSPS) is 12.0. The van der Waals surface area contributed by atoms with Crippen molar-refractivity contribution in [2.24, 2.45) is 0 Å². The van der Waals surface area contributed by atoms with Crippen molar-refractivity contribution in [3.63, 3.8) is 0 Å². The average Bonchev–Trinajstić information content (AvgIpc) is 2.77. The molecule has 1 atom stereocenters. The fraction of sp³-hybridized carbons (Fsp3) is 0.481. The van der Waals surface area contributed by atoms with Gasteiger partial charge >= 0.3 is 0 Å². The van der Waals surface area contributed by atoms with Crippen LogP contribution < -0.4 is 10.1 Å². The molecule has 2 amide bonds. The standard InChI is InChI=1S/C27H38N2O3/c1-7-25(27(31)28-20(4)5)29(18-22-9-8-10-24(17-22)32-6)26(30)16-13-21-11-14-23(15-12-21)19(2)3/h8-12,14-15,17,19-20,25H,7,13,16,18H2,1-6H3,(H,28,31)/t25-/m1/s1. The molecule has 0 aliphatic heterocycles. The van der Waals surface area contributed by atoms with Crippen LogP contribution in [0, 0.1) is 0 Å². The Balaban J connectivity index is 2.20. The highest BCUT2D eigenvalue weighted by Crippen LogP contribution is 2.20. The van der Waals surface area contributed by atoms with Crippen LogP contribution in [0.1, 0.15) is 70.1 Å². The second kappa shape index (κ2) is 12.3. The minimum Gasteiger partial charge on any atom is -0.497 e. The monoisotopic (exact) mass is 438 g/mol. The number of benzene rings is 2. The number of ether oxygens (including phenoxy) is 1. The molecule has 174 valence electrons. The third-order valence-electron chi connectivity index (χ3n) is 5.58. The summed E-state index contributed by atoms with van der Waals surface area (Å²) in [6, 6.07) is 15.6. The minimum absolute atomic E-state index is 0.0183. The molecular weight excluding hydrogens is 400 g/mol. The Morgan fingerprint density at radius 1 is 1.00 bits per heavy atom. The molecule has 2 aromatic carbocycles.